The van der Waals surface area contributed by atoms with Crippen LogP contribution in [0.4, 0.5) is 0 Å². The molecule has 3 atom stereocenters. The minimum absolute atomic E-state index is 0.0432. The van der Waals surface area contributed by atoms with E-state index in [0.717, 1.165) is 25.7 Å². The summed E-state index contributed by atoms with van der Waals surface area (Å²) in [6.07, 6.45) is 7.11. The average Bonchev–Trinajstić information content (AvgIpc) is 2.84. The monoisotopic (exact) mass is 379 g/mol. The van der Waals surface area contributed by atoms with Crippen LogP contribution in [0.15, 0.2) is 0 Å². The maximum atomic E-state index is 13.4. The Kier molecular flexibility index (Phi) is 6.59. The molecule has 6 nitrogen and oxygen atoms in total. The first-order chi connectivity index (χ1) is 12.5. The van der Waals surface area contributed by atoms with Gasteiger partial charge in [-0.3, -0.25) is 14.4 Å². The van der Waals surface area contributed by atoms with Gasteiger partial charge in [-0.1, -0.05) is 40.0 Å². The van der Waals surface area contributed by atoms with E-state index in [1.54, 1.807) is 19.0 Å². The van der Waals surface area contributed by atoms with Crippen LogP contribution >= 0.6 is 0 Å². The summed E-state index contributed by atoms with van der Waals surface area (Å²) in [5, 5.41) is 3.18. The molecule has 0 aliphatic heterocycles. The number of hydrogen-bond acceptors (Lipinski definition) is 3. The molecule has 0 aromatic rings. The fraction of sp³-hybridized carbons (Fsp3) is 0.857. The highest BCUT2D eigenvalue weighted by Crippen LogP contribution is 2.56. The van der Waals surface area contributed by atoms with Crippen molar-refractivity contribution in [3.8, 4) is 0 Å². The van der Waals surface area contributed by atoms with Crippen LogP contribution in [0.2, 0.25) is 0 Å². The number of amides is 3. The maximum absolute atomic E-state index is 13.4. The molecule has 27 heavy (non-hydrogen) atoms. The van der Waals surface area contributed by atoms with Crippen molar-refractivity contribution in [1.82, 2.24) is 10.2 Å². The number of nitrogens with zero attached hydrogens (tertiary/aromatic N) is 1. The van der Waals surface area contributed by atoms with Crippen LogP contribution in [0.25, 0.3) is 0 Å². The van der Waals surface area contributed by atoms with Gasteiger partial charge in [-0.25, -0.2) is 0 Å². The molecule has 1 unspecified atom stereocenters. The molecule has 3 amide bonds. The van der Waals surface area contributed by atoms with E-state index in [0.29, 0.717) is 18.8 Å². The van der Waals surface area contributed by atoms with E-state index in [1.807, 2.05) is 20.8 Å². The van der Waals surface area contributed by atoms with Crippen molar-refractivity contribution in [3.05, 3.63) is 0 Å². The highest BCUT2D eigenvalue weighted by atomic mass is 16.2. The Morgan fingerprint density at radius 3 is 2.19 bits per heavy atom. The highest BCUT2D eigenvalue weighted by Gasteiger charge is 2.58. The Morgan fingerprint density at radius 1 is 1.07 bits per heavy atom. The van der Waals surface area contributed by atoms with Gasteiger partial charge in [0.1, 0.15) is 0 Å². The highest BCUT2D eigenvalue weighted by molar-refractivity contribution is 5.88. The summed E-state index contributed by atoms with van der Waals surface area (Å²) in [7, 11) is 3.53. The summed E-state index contributed by atoms with van der Waals surface area (Å²) in [6.45, 7) is 6.01. The third-order valence-corrected chi connectivity index (χ3v) is 7.42. The number of carbonyl (C=O) groups is 3. The molecule has 0 saturated heterocycles. The van der Waals surface area contributed by atoms with Gasteiger partial charge < -0.3 is 16.0 Å². The number of hydrogen-bond donors (Lipinski definition) is 2. The Hall–Kier alpha value is -1.59. The largest absolute Gasteiger partial charge is 0.370 e. The smallest absolute Gasteiger partial charge is 0.226 e. The topological polar surface area (TPSA) is 92.5 Å². The van der Waals surface area contributed by atoms with E-state index in [1.165, 1.54) is 6.42 Å². The summed E-state index contributed by atoms with van der Waals surface area (Å²) < 4.78 is 0. The second-order valence-corrected chi connectivity index (χ2v) is 9.53. The molecule has 154 valence electrons. The van der Waals surface area contributed by atoms with E-state index >= 15 is 0 Å². The zero-order valence-electron chi connectivity index (χ0n) is 17.6. The van der Waals surface area contributed by atoms with Crippen LogP contribution in [0.5, 0.6) is 0 Å². The third kappa shape index (κ3) is 4.30. The fourth-order valence-corrected chi connectivity index (χ4v) is 5.07. The van der Waals surface area contributed by atoms with Gasteiger partial charge in [0.05, 0.1) is 5.41 Å². The van der Waals surface area contributed by atoms with Crippen LogP contribution < -0.4 is 11.1 Å². The Morgan fingerprint density at radius 2 is 1.67 bits per heavy atom. The van der Waals surface area contributed by atoms with Gasteiger partial charge in [-0.05, 0) is 37.0 Å². The fourth-order valence-electron chi connectivity index (χ4n) is 5.07. The normalized spacial score (nSPS) is 29.1. The molecule has 0 radical (unpaired) electrons. The SMILES string of the molecule is CN(C)C(=O)[C@@H]1CC[C@](C)(C(=O)NC(CC(N)=O)C2CCCCC2)C1(C)C. The lowest BCUT2D eigenvalue weighted by atomic mass is 9.64. The van der Waals surface area contributed by atoms with E-state index < -0.39 is 10.8 Å². The summed E-state index contributed by atoms with van der Waals surface area (Å²) in [5.41, 5.74) is 4.37. The number of nitrogens with two attached hydrogens (primary N) is 1. The quantitative estimate of drug-likeness (QED) is 0.742. The van der Waals surface area contributed by atoms with Crippen molar-refractivity contribution in [2.45, 2.75) is 78.2 Å². The molecule has 2 saturated carbocycles. The van der Waals surface area contributed by atoms with Crippen LogP contribution in [0, 0.1) is 22.7 Å². The van der Waals surface area contributed by atoms with Crippen molar-refractivity contribution in [1.29, 1.82) is 0 Å². The van der Waals surface area contributed by atoms with E-state index in [9.17, 15) is 14.4 Å². The molecular weight excluding hydrogens is 342 g/mol. The standard InChI is InChI=1S/C21H37N3O3/c1-20(2)15(18(26)24(4)5)11-12-21(20,3)19(27)23-16(13-17(22)25)14-9-7-6-8-10-14/h14-16H,6-13H2,1-5H3,(H2,22,25)(H,23,27)/t15-,16?,21+/m0/s1. The lowest BCUT2D eigenvalue weighted by Crippen LogP contribution is -2.53. The summed E-state index contributed by atoms with van der Waals surface area (Å²) in [5.74, 6) is -0.201. The van der Waals surface area contributed by atoms with E-state index in [4.69, 9.17) is 5.73 Å². The molecule has 6 heteroatoms. The van der Waals surface area contributed by atoms with Crippen LogP contribution in [-0.4, -0.2) is 42.8 Å². The summed E-state index contributed by atoms with van der Waals surface area (Å²) in [6, 6.07) is -0.202. The minimum atomic E-state index is -0.645. The molecule has 3 N–H and O–H groups in total. The lowest BCUT2D eigenvalue weighted by molar-refractivity contribution is -0.143. The molecule has 2 fully saturated rings. The van der Waals surface area contributed by atoms with Crippen molar-refractivity contribution >= 4 is 17.7 Å². The number of rotatable bonds is 6. The Labute approximate surface area is 163 Å². The number of primary amides is 1. The molecule has 0 heterocycles. The molecule has 0 aromatic carbocycles. The molecule has 2 rings (SSSR count). The third-order valence-electron chi connectivity index (χ3n) is 7.42. The van der Waals surface area contributed by atoms with Gasteiger partial charge in [-0.2, -0.15) is 0 Å². The molecule has 2 aliphatic rings. The zero-order valence-corrected chi connectivity index (χ0v) is 17.6. The van der Waals surface area contributed by atoms with Gasteiger partial charge in [0.25, 0.3) is 0 Å². The van der Waals surface area contributed by atoms with Crippen molar-refractivity contribution < 1.29 is 14.4 Å². The van der Waals surface area contributed by atoms with Crippen LogP contribution in [0.3, 0.4) is 0 Å². The predicted octanol–water partition coefficient (Wildman–Crippen LogP) is 2.46. The van der Waals surface area contributed by atoms with Crippen molar-refractivity contribution in [2.75, 3.05) is 14.1 Å². The summed E-state index contributed by atoms with van der Waals surface area (Å²) in [4.78, 5) is 39.2. The van der Waals surface area contributed by atoms with Crippen molar-refractivity contribution in [3.63, 3.8) is 0 Å². The lowest BCUT2D eigenvalue weighted by Gasteiger charge is -2.42. The molecule has 2 aliphatic carbocycles. The number of carbonyl (C=O) groups excluding carboxylic acids is 3. The number of nitrogens with one attached hydrogen (secondary N) is 1. The first-order valence-electron chi connectivity index (χ1n) is 10.3. The zero-order chi connectivity index (χ0) is 20.4. The second kappa shape index (κ2) is 8.19. The molecule has 0 spiro atoms. The average molecular weight is 380 g/mol. The second-order valence-electron chi connectivity index (χ2n) is 9.53. The van der Waals surface area contributed by atoms with E-state index in [-0.39, 0.29) is 36.1 Å². The summed E-state index contributed by atoms with van der Waals surface area (Å²) >= 11 is 0. The minimum Gasteiger partial charge on any atom is -0.370 e. The molecular formula is C21H37N3O3. The first-order valence-corrected chi connectivity index (χ1v) is 10.3. The molecule has 0 aromatic heterocycles. The van der Waals surface area contributed by atoms with Crippen molar-refractivity contribution in [2.24, 2.45) is 28.4 Å². The van der Waals surface area contributed by atoms with Gasteiger partial charge in [0.15, 0.2) is 0 Å². The maximum Gasteiger partial charge on any atom is 0.226 e. The van der Waals surface area contributed by atoms with Gasteiger partial charge in [0, 0.05) is 32.5 Å². The predicted molar refractivity (Wildman–Crippen MR) is 106 cm³/mol. The van der Waals surface area contributed by atoms with Crippen LogP contribution in [-0.2, 0) is 14.4 Å². The Balaban J connectivity index is 2.18. The van der Waals surface area contributed by atoms with Crippen LogP contribution in [0.1, 0.15) is 72.1 Å². The molecule has 0 bridgehead atoms. The van der Waals surface area contributed by atoms with Gasteiger partial charge in [0.2, 0.25) is 17.7 Å². The van der Waals surface area contributed by atoms with E-state index in [2.05, 4.69) is 5.32 Å². The first kappa shape index (κ1) is 21.7. The van der Waals surface area contributed by atoms with Gasteiger partial charge in [-0.15, -0.1) is 0 Å². The Bertz CT molecular complexity index is 581. The van der Waals surface area contributed by atoms with Gasteiger partial charge >= 0.3 is 0 Å².